The number of amides is 1. The normalized spacial score (nSPS) is 9.47. The fraction of sp³-hybridized carbons (Fsp3) is 0.400. The molecule has 7 heteroatoms. The van der Waals surface area contributed by atoms with Crippen LogP contribution in [0.5, 0.6) is 0 Å². The number of unbranched alkanes of at least 4 members (excludes halogenated alkanes) is 1. The molecule has 1 N–H and O–H groups in total. The van der Waals surface area contributed by atoms with Crippen LogP contribution in [0.15, 0.2) is 23.6 Å². The van der Waals surface area contributed by atoms with E-state index in [1.165, 1.54) is 12.4 Å². The molecule has 1 heterocycles. The second-order valence-electron chi connectivity index (χ2n) is 3.27. The van der Waals surface area contributed by atoms with Crippen molar-refractivity contribution in [3.05, 3.63) is 39.5 Å². The third-order valence-corrected chi connectivity index (χ3v) is 2.35. The highest BCUT2D eigenvalue weighted by molar-refractivity contribution is 6.33. The molecule has 1 aromatic rings. The summed E-state index contributed by atoms with van der Waals surface area (Å²) in [7, 11) is 0. The molecule has 0 aromatic carbocycles. The van der Waals surface area contributed by atoms with E-state index in [1.54, 1.807) is 6.07 Å². The molecule has 0 aliphatic rings. The summed E-state index contributed by atoms with van der Waals surface area (Å²) in [5, 5.41) is 6.46. The second kappa shape index (κ2) is 7.49. The Bertz CT molecular complexity index is 430. The quantitative estimate of drug-likeness (QED) is 0.365. The number of aromatic nitrogens is 1. The third-order valence-electron chi connectivity index (χ3n) is 2.05. The first-order chi connectivity index (χ1) is 8.25. The molecule has 1 rings (SSSR count). The summed E-state index contributed by atoms with van der Waals surface area (Å²) < 4.78 is 0. The SMILES string of the molecule is [N-]=[N+]=NCCCCNC(=O)c1ccncc1Cl. The molecule has 0 aliphatic carbocycles. The molecule has 0 aliphatic heterocycles. The van der Waals surface area contributed by atoms with Crippen LogP contribution in [0.25, 0.3) is 10.4 Å². The van der Waals surface area contributed by atoms with Crippen molar-refractivity contribution in [2.45, 2.75) is 12.8 Å². The van der Waals surface area contributed by atoms with E-state index in [4.69, 9.17) is 17.1 Å². The van der Waals surface area contributed by atoms with Gasteiger partial charge in [0.05, 0.1) is 10.6 Å². The van der Waals surface area contributed by atoms with Crippen LogP contribution < -0.4 is 5.32 Å². The largest absolute Gasteiger partial charge is 0.352 e. The van der Waals surface area contributed by atoms with Crippen LogP contribution in [0.4, 0.5) is 0 Å². The van der Waals surface area contributed by atoms with Crippen molar-refractivity contribution in [2.75, 3.05) is 13.1 Å². The van der Waals surface area contributed by atoms with Crippen LogP contribution in [-0.4, -0.2) is 24.0 Å². The summed E-state index contributed by atoms with van der Waals surface area (Å²) >= 11 is 5.82. The zero-order chi connectivity index (χ0) is 12.5. The highest BCUT2D eigenvalue weighted by atomic mass is 35.5. The molecule has 0 spiro atoms. The van der Waals surface area contributed by atoms with Gasteiger partial charge in [0.15, 0.2) is 0 Å². The smallest absolute Gasteiger partial charge is 0.252 e. The molecule has 0 saturated heterocycles. The number of hydrogen-bond acceptors (Lipinski definition) is 3. The lowest BCUT2D eigenvalue weighted by Gasteiger charge is -2.05. The van der Waals surface area contributed by atoms with Crippen LogP contribution >= 0.6 is 11.6 Å². The van der Waals surface area contributed by atoms with Crippen LogP contribution in [0.3, 0.4) is 0 Å². The topological polar surface area (TPSA) is 90.8 Å². The lowest BCUT2D eigenvalue weighted by Crippen LogP contribution is -2.24. The van der Waals surface area contributed by atoms with Gasteiger partial charge in [-0.15, -0.1) is 0 Å². The van der Waals surface area contributed by atoms with Gasteiger partial charge in [-0.2, -0.15) is 0 Å². The molecule has 90 valence electrons. The number of pyridine rings is 1. The van der Waals surface area contributed by atoms with Gasteiger partial charge < -0.3 is 5.32 Å². The summed E-state index contributed by atoms with van der Waals surface area (Å²) in [4.78, 5) is 18.1. The van der Waals surface area contributed by atoms with Gasteiger partial charge >= 0.3 is 0 Å². The Morgan fingerprint density at radius 1 is 1.59 bits per heavy atom. The highest BCUT2D eigenvalue weighted by Crippen LogP contribution is 2.12. The van der Waals surface area contributed by atoms with E-state index in [9.17, 15) is 4.79 Å². The summed E-state index contributed by atoms with van der Waals surface area (Å²) in [6, 6.07) is 1.57. The lowest BCUT2D eigenvalue weighted by atomic mass is 10.2. The number of nitrogens with one attached hydrogen (secondary N) is 1. The second-order valence-corrected chi connectivity index (χ2v) is 3.68. The lowest BCUT2D eigenvalue weighted by molar-refractivity contribution is 0.0953. The Kier molecular flexibility index (Phi) is 5.85. The van der Waals surface area contributed by atoms with E-state index >= 15 is 0 Å². The van der Waals surface area contributed by atoms with E-state index in [1.807, 2.05) is 0 Å². The van der Waals surface area contributed by atoms with Gasteiger partial charge in [-0.3, -0.25) is 9.78 Å². The molecular weight excluding hydrogens is 242 g/mol. The number of hydrogen-bond donors (Lipinski definition) is 1. The Morgan fingerprint density at radius 3 is 3.12 bits per heavy atom. The molecule has 0 radical (unpaired) electrons. The molecular formula is C10H12ClN5O. The molecule has 0 bridgehead atoms. The van der Waals surface area contributed by atoms with Gasteiger partial charge in [-0.25, -0.2) is 0 Å². The number of nitrogens with zero attached hydrogens (tertiary/aromatic N) is 4. The van der Waals surface area contributed by atoms with Crippen LogP contribution in [-0.2, 0) is 0 Å². The van der Waals surface area contributed by atoms with E-state index in [0.717, 1.165) is 12.8 Å². The minimum absolute atomic E-state index is 0.221. The average molecular weight is 254 g/mol. The zero-order valence-corrected chi connectivity index (χ0v) is 9.89. The van der Waals surface area contributed by atoms with Gasteiger partial charge in [0, 0.05) is 30.4 Å². The van der Waals surface area contributed by atoms with Crippen molar-refractivity contribution in [3.8, 4) is 0 Å². The number of halogens is 1. The van der Waals surface area contributed by atoms with Crippen molar-refractivity contribution in [1.29, 1.82) is 0 Å². The van der Waals surface area contributed by atoms with Crippen molar-refractivity contribution < 1.29 is 4.79 Å². The Balaban J connectivity index is 2.31. The standard InChI is InChI=1S/C10H12ClN5O/c11-9-7-13-6-3-8(9)10(17)14-4-1-2-5-15-16-12/h3,6-7H,1-2,4-5H2,(H,14,17). The fourth-order valence-corrected chi connectivity index (χ4v) is 1.41. The van der Waals surface area contributed by atoms with Crippen molar-refractivity contribution in [3.63, 3.8) is 0 Å². The molecule has 0 unspecified atom stereocenters. The van der Waals surface area contributed by atoms with Crippen LogP contribution in [0.2, 0.25) is 5.02 Å². The Hall–Kier alpha value is -1.78. The predicted octanol–water partition coefficient (Wildman–Crippen LogP) is 2.56. The summed E-state index contributed by atoms with van der Waals surface area (Å²) in [5.41, 5.74) is 8.47. The maximum Gasteiger partial charge on any atom is 0.252 e. The third kappa shape index (κ3) is 4.72. The van der Waals surface area contributed by atoms with Crippen LogP contribution in [0, 0.1) is 0 Å². The number of rotatable bonds is 6. The molecule has 0 atom stereocenters. The molecule has 1 aromatic heterocycles. The number of azide groups is 1. The van der Waals surface area contributed by atoms with E-state index in [0.29, 0.717) is 23.7 Å². The average Bonchev–Trinajstić information content (AvgIpc) is 2.34. The van der Waals surface area contributed by atoms with Gasteiger partial charge in [0.1, 0.15) is 0 Å². The van der Waals surface area contributed by atoms with E-state index in [-0.39, 0.29) is 5.91 Å². The molecule has 0 fully saturated rings. The first-order valence-corrected chi connectivity index (χ1v) is 5.52. The zero-order valence-electron chi connectivity index (χ0n) is 9.14. The van der Waals surface area contributed by atoms with E-state index in [2.05, 4.69) is 20.3 Å². The van der Waals surface area contributed by atoms with Crippen molar-refractivity contribution >= 4 is 17.5 Å². The minimum Gasteiger partial charge on any atom is -0.352 e. The number of carbonyl (C=O) groups is 1. The number of carbonyl (C=O) groups excluding carboxylic acids is 1. The molecule has 6 nitrogen and oxygen atoms in total. The summed E-state index contributed by atoms with van der Waals surface area (Å²) in [5.74, 6) is -0.221. The summed E-state index contributed by atoms with van der Waals surface area (Å²) in [6.45, 7) is 0.973. The van der Waals surface area contributed by atoms with Gasteiger partial charge in [-0.1, -0.05) is 16.7 Å². The first-order valence-electron chi connectivity index (χ1n) is 5.14. The fourth-order valence-electron chi connectivity index (χ4n) is 1.21. The first kappa shape index (κ1) is 13.3. The molecule has 1 amide bonds. The minimum atomic E-state index is -0.221. The Labute approximate surface area is 104 Å². The maximum atomic E-state index is 11.6. The Morgan fingerprint density at radius 2 is 2.41 bits per heavy atom. The van der Waals surface area contributed by atoms with Gasteiger partial charge in [0.25, 0.3) is 5.91 Å². The molecule has 0 saturated carbocycles. The maximum absolute atomic E-state index is 11.6. The monoisotopic (exact) mass is 253 g/mol. The predicted molar refractivity (Wildman–Crippen MR) is 64.8 cm³/mol. The van der Waals surface area contributed by atoms with Crippen molar-refractivity contribution in [2.24, 2.45) is 5.11 Å². The van der Waals surface area contributed by atoms with Crippen LogP contribution in [0.1, 0.15) is 23.2 Å². The van der Waals surface area contributed by atoms with Gasteiger partial charge in [-0.05, 0) is 24.4 Å². The summed E-state index contributed by atoms with van der Waals surface area (Å²) in [6.07, 6.45) is 4.45. The van der Waals surface area contributed by atoms with Gasteiger partial charge in [0.2, 0.25) is 0 Å². The van der Waals surface area contributed by atoms with Crippen molar-refractivity contribution in [1.82, 2.24) is 10.3 Å². The van der Waals surface area contributed by atoms with E-state index < -0.39 is 0 Å². The molecule has 17 heavy (non-hydrogen) atoms. The highest BCUT2D eigenvalue weighted by Gasteiger charge is 2.08.